The Kier molecular flexibility index (Phi) is 3.01. The summed E-state index contributed by atoms with van der Waals surface area (Å²) in [5, 5.41) is 0.548. The molecule has 100 valence electrons. The molecule has 0 radical (unpaired) electrons. The zero-order valence-electron chi connectivity index (χ0n) is 10.8. The van der Waals surface area contributed by atoms with Crippen LogP contribution in [0.25, 0.3) is 0 Å². The molecule has 1 heterocycles. The van der Waals surface area contributed by atoms with E-state index in [4.69, 9.17) is 5.73 Å². The topological polar surface area (TPSA) is 63.4 Å². The van der Waals surface area contributed by atoms with Crippen LogP contribution in [0.5, 0.6) is 0 Å². The fraction of sp³-hybridized carbons (Fsp3) is 0.429. The van der Waals surface area contributed by atoms with Crippen LogP contribution in [0.4, 0.5) is 5.69 Å². The van der Waals surface area contributed by atoms with Gasteiger partial charge in [-0.25, -0.2) is 0 Å². The van der Waals surface area contributed by atoms with Crippen LogP contribution in [0, 0.1) is 0 Å². The average molecular weight is 276 g/mol. The quantitative estimate of drug-likeness (QED) is 0.664. The molecule has 2 aliphatic rings. The predicted molar refractivity (Wildman–Crippen MR) is 76.3 cm³/mol. The van der Waals surface area contributed by atoms with Gasteiger partial charge in [0, 0.05) is 17.0 Å². The maximum Gasteiger partial charge on any atom is 0.263 e. The molecule has 1 fully saturated rings. The molecule has 5 heteroatoms. The summed E-state index contributed by atoms with van der Waals surface area (Å²) in [6.45, 7) is 0. The van der Waals surface area contributed by atoms with Crippen molar-refractivity contribution in [2.45, 2.75) is 30.6 Å². The predicted octanol–water partition coefficient (Wildman–Crippen LogP) is 2.15. The van der Waals surface area contributed by atoms with Crippen molar-refractivity contribution < 1.29 is 9.59 Å². The van der Waals surface area contributed by atoms with Crippen molar-refractivity contribution in [1.82, 2.24) is 4.90 Å². The molecule has 1 aromatic carbocycles. The fourth-order valence-electron chi connectivity index (χ4n) is 3.03. The first-order valence-corrected chi connectivity index (χ1v) is 7.71. The Morgan fingerprint density at radius 2 is 2.05 bits per heavy atom. The largest absolute Gasteiger partial charge is 0.398 e. The van der Waals surface area contributed by atoms with Crippen molar-refractivity contribution >= 4 is 29.3 Å². The second-order valence-corrected chi connectivity index (χ2v) is 6.21. The molecule has 0 aromatic heterocycles. The number of carbonyl (C=O) groups is 2. The molecular formula is C14H16N2O2S. The van der Waals surface area contributed by atoms with Crippen molar-refractivity contribution in [1.29, 1.82) is 0 Å². The number of nitrogens with two attached hydrogens (primary N) is 1. The Morgan fingerprint density at radius 3 is 2.68 bits per heavy atom. The van der Waals surface area contributed by atoms with Crippen molar-refractivity contribution in [3.05, 3.63) is 29.3 Å². The number of hydrogen-bond acceptors (Lipinski definition) is 4. The molecule has 3 rings (SSSR count). The third-order valence-electron chi connectivity index (χ3n) is 4.03. The van der Waals surface area contributed by atoms with Gasteiger partial charge in [0.15, 0.2) is 0 Å². The minimum absolute atomic E-state index is 0.0317. The van der Waals surface area contributed by atoms with Crippen molar-refractivity contribution in [2.75, 3.05) is 12.0 Å². The summed E-state index contributed by atoms with van der Waals surface area (Å²) in [7, 11) is 0. The van der Waals surface area contributed by atoms with Crippen molar-refractivity contribution in [2.24, 2.45) is 0 Å². The van der Waals surface area contributed by atoms with E-state index in [1.54, 1.807) is 18.2 Å². The van der Waals surface area contributed by atoms with Crippen LogP contribution in [-0.4, -0.2) is 34.3 Å². The minimum Gasteiger partial charge on any atom is -0.398 e. The van der Waals surface area contributed by atoms with Gasteiger partial charge in [-0.2, -0.15) is 11.8 Å². The van der Waals surface area contributed by atoms with E-state index in [0.717, 1.165) is 19.3 Å². The lowest BCUT2D eigenvalue weighted by molar-refractivity contribution is 0.0588. The van der Waals surface area contributed by atoms with Gasteiger partial charge in [-0.05, 0) is 37.7 Å². The van der Waals surface area contributed by atoms with E-state index < -0.39 is 0 Å². The van der Waals surface area contributed by atoms with Gasteiger partial charge in [0.2, 0.25) is 0 Å². The van der Waals surface area contributed by atoms with E-state index in [-0.39, 0.29) is 17.9 Å². The lowest BCUT2D eigenvalue weighted by atomic mass is 10.1. The molecule has 1 saturated carbocycles. The van der Waals surface area contributed by atoms with Gasteiger partial charge in [-0.3, -0.25) is 14.5 Å². The molecule has 2 unspecified atom stereocenters. The third kappa shape index (κ3) is 1.84. The molecule has 2 atom stereocenters. The number of imide groups is 1. The summed E-state index contributed by atoms with van der Waals surface area (Å²) in [6, 6.07) is 5.12. The molecule has 1 aromatic rings. The summed E-state index contributed by atoms with van der Waals surface area (Å²) >= 11 is 1.81. The maximum atomic E-state index is 12.4. The maximum absolute atomic E-state index is 12.4. The van der Waals surface area contributed by atoms with E-state index in [1.807, 2.05) is 11.8 Å². The monoisotopic (exact) mass is 276 g/mol. The molecular weight excluding hydrogens is 260 g/mol. The fourth-order valence-corrected chi connectivity index (χ4v) is 3.81. The Bertz CT molecular complexity index is 558. The number of amides is 2. The minimum atomic E-state index is -0.218. The van der Waals surface area contributed by atoms with Crippen LogP contribution < -0.4 is 5.73 Å². The second-order valence-electron chi connectivity index (χ2n) is 5.07. The zero-order valence-corrected chi connectivity index (χ0v) is 11.6. The van der Waals surface area contributed by atoms with E-state index in [2.05, 4.69) is 6.26 Å². The van der Waals surface area contributed by atoms with Crippen LogP contribution in [-0.2, 0) is 0 Å². The number of rotatable bonds is 2. The number of anilines is 1. The Hall–Kier alpha value is -1.49. The smallest absolute Gasteiger partial charge is 0.263 e. The highest BCUT2D eigenvalue weighted by Crippen LogP contribution is 2.36. The highest BCUT2D eigenvalue weighted by molar-refractivity contribution is 7.99. The standard InChI is InChI=1S/C14H16N2O2S/c1-19-9-6-5-8(7-9)16-13(17)10-3-2-4-11(15)12(10)14(16)18/h2-4,8-9H,5-7,15H2,1H3. The first kappa shape index (κ1) is 12.5. The summed E-state index contributed by atoms with van der Waals surface area (Å²) in [4.78, 5) is 26.2. The SMILES string of the molecule is CSC1CCC(N2C(=O)c3cccc(N)c3C2=O)C1. The van der Waals surface area contributed by atoms with Crippen LogP contribution in [0.3, 0.4) is 0 Å². The van der Waals surface area contributed by atoms with Gasteiger partial charge in [0.05, 0.1) is 11.1 Å². The molecule has 0 spiro atoms. The Balaban J connectivity index is 1.93. The van der Waals surface area contributed by atoms with E-state index in [1.165, 1.54) is 4.90 Å². The number of hydrogen-bond donors (Lipinski definition) is 1. The highest BCUT2D eigenvalue weighted by atomic mass is 32.2. The van der Waals surface area contributed by atoms with Gasteiger partial charge in [0.1, 0.15) is 0 Å². The van der Waals surface area contributed by atoms with Gasteiger partial charge >= 0.3 is 0 Å². The van der Waals surface area contributed by atoms with Gasteiger partial charge in [0.25, 0.3) is 11.8 Å². The molecule has 19 heavy (non-hydrogen) atoms. The zero-order chi connectivity index (χ0) is 13.6. The molecule has 2 amide bonds. The molecule has 0 saturated heterocycles. The number of fused-ring (bicyclic) bond motifs is 1. The molecule has 1 aliphatic carbocycles. The summed E-state index contributed by atoms with van der Waals surface area (Å²) in [5.74, 6) is -0.399. The Labute approximate surface area is 116 Å². The highest BCUT2D eigenvalue weighted by Gasteiger charge is 2.43. The summed E-state index contributed by atoms with van der Waals surface area (Å²) in [6.07, 6.45) is 4.94. The molecule has 2 N–H and O–H groups in total. The van der Waals surface area contributed by atoms with Crippen molar-refractivity contribution in [3.8, 4) is 0 Å². The number of benzene rings is 1. The number of carbonyl (C=O) groups excluding carboxylic acids is 2. The van der Waals surface area contributed by atoms with Crippen LogP contribution in [0.2, 0.25) is 0 Å². The Morgan fingerprint density at radius 1 is 1.26 bits per heavy atom. The van der Waals surface area contributed by atoms with Crippen LogP contribution in [0.15, 0.2) is 18.2 Å². The third-order valence-corrected chi connectivity index (χ3v) is 5.13. The van der Waals surface area contributed by atoms with Gasteiger partial charge in [-0.15, -0.1) is 0 Å². The van der Waals surface area contributed by atoms with E-state index >= 15 is 0 Å². The van der Waals surface area contributed by atoms with Gasteiger partial charge in [-0.1, -0.05) is 6.07 Å². The number of thioether (sulfide) groups is 1. The van der Waals surface area contributed by atoms with E-state index in [0.29, 0.717) is 22.1 Å². The first-order chi connectivity index (χ1) is 9.13. The normalized spacial score (nSPS) is 26.1. The molecule has 4 nitrogen and oxygen atoms in total. The first-order valence-electron chi connectivity index (χ1n) is 6.42. The van der Waals surface area contributed by atoms with Crippen molar-refractivity contribution in [3.63, 3.8) is 0 Å². The van der Waals surface area contributed by atoms with Crippen LogP contribution >= 0.6 is 11.8 Å². The molecule has 0 bridgehead atoms. The van der Waals surface area contributed by atoms with Crippen LogP contribution in [0.1, 0.15) is 40.0 Å². The van der Waals surface area contributed by atoms with Gasteiger partial charge < -0.3 is 5.73 Å². The average Bonchev–Trinajstić information content (AvgIpc) is 2.95. The summed E-state index contributed by atoms with van der Waals surface area (Å²) in [5.41, 5.74) is 7.08. The number of nitrogen functional groups attached to an aromatic ring is 1. The second kappa shape index (κ2) is 4.56. The number of nitrogens with zero attached hydrogens (tertiary/aromatic N) is 1. The molecule has 1 aliphatic heterocycles. The van der Waals surface area contributed by atoms with E-state index in [9.17, 15) is 9.59 Å². The lowest BCUT2D eigenvalue weighted by Gasteiger charge is -2.21. The summed E-state index contributed by atoms with van der Waals surface area (Å²) < 4.78 is 0. The lowest BCUT2D eigenvalue weighted by Crippen LogP contribution is -2.38.